The molecule has 1 fully saturated rings. The van der Waals surface area contributed by atoms with Crippen LogP contribution in [0.4, 0.5) is 4.39 Å². The van der Waals surface area contributed by atoms with Gasteiger partial charge in [-0.1, -0.05) is 12.1 Å². The molecule has 0 radical (unpaired) electrons. The minimum atomic E-state index is -0.327. The Morgan fingerprint density at radius 2 is 2.37 bits per heavy atom. The third-order valence-electron chi connectivity index (χ3n) is 3.21. The topological polar surface area (TPSA) is 55.6 Å². The van der Waals surface area contributed by atoms with Crippen molar-refractivity contribution >= 4 is 5.91 Å². The van der Waals surface area contributed by atoms with Crippen molar-refractivity contribution < 1.29 is 13.9 Å². The smallest absolute Gasteiger partial charge is 0.231 e. The molecule has 1 atom stereocenters. The van der Waals surface area contributed by atoms with Crippen molar-refractivity contribution in [1.29, 1.82) is 0 Å². The van der Waals surface area contributed by atoms with E-state index in [0.29, 0.717) is 19.8 Å². The molecular formula is C14H19FN2O2. The van der Waals surface area contributed by atoms with Crippen LogP contribution in [0, 0.1) is 11.7 Å². The number of hydrogen-bond acceptors (Lipinski definition) is 3. The molecule has 2 N–H and O–H groups in total. The van der Waals surface area contributed by atoms with E-state index in [9.17, 15) is 9.18 Å². The van der Waals surface area contributed by atoms with Crippen LogP contribution < -0.4 is 5.73 Å². The Morgan fingerprint density at radius 1 is 1.53 bits per heavy atom. The van der Waals surface area contributed by atoms with E-state index in [-0.39, 0.29) is 24.2 Å². The summed E-state index contributed by atoms with van der Waals surface area (Å²) in [6.45, 7) is 2.95. The van der Waals surface area contributed by atoms with Gasteiger partial charge < -0.3 is 10.5 Å². The van der Waals surface area contributed by atoms with Crippen LogP contribution >= 0.6 is 0 Å². The number of rotatable bonds is 4. The van der Waals surface area contributed by atoms with Gasteiger partial charge in [-0.05, 0) is 30.0 Å². The summed E-state index contributed by atoms with van der Waals surface area (Å²) in [6.07, 6.45) is 0.743. The Hall–Kier alpha value is -1.46. The minimum absolute atomic E-state index is 0.221. The summed E-state index contributed by atoms with van der Waals surface area (Å²) < 4.78 is 18.7. The summed E-state index contributed by atoms with van der Waals surface area (Å²) >= 11 is 0. The minimum Gasteiger partial charge on any atom is -0.380 e. The molecule has 1 aromatic carbocycles. The zero-order valence-electron chi connectivity index (χ0n) is 10.8. The van der Waals surface area contributed by atoms with Gasteiger partial charge in [-0.15, -0.1) is 0 Å². The average Bonchev–Trinajstić information content (AvgIpc) is 2.53. The van der Waals surface area contributed by atoms with Crippen LogP contribution in [0.25, 0.3) is 0 Å². The second-order valence-electron chi connectivity index (χ2n) is 4.98. The molecule has 4 nitrogen and oxygen atoms in total. The third kappa shape index (κ3) is 4.61. The number of carbonyl (C=O) groups excluding carboxylic acids is 1. The number of hydrogen-bond donors (Lipinski definition) is 1. The normalized spacial score (nSPS) is 21.0. The van der Waals surface area contributed by atoms with Gasteiger partial charge in [0.2, 0.25) is 5.91 Å². The van der Waals surface area contributed by atoms with Crippen molar-refractivity contribution in [1.82, 2.24) is 4.90 Å². The highest BCUT2D eigenvalue weighted by Gasteiger charge is 2.20. The second kappa shape index (κ2) is 6.63. The summed E-state index contributed by atoms with van der Waals surface area (Å²) in [6, 6.07) is 6.60. The van der Waals surface area contributed by atoms with Crippen LogP contribution in [0.3, 0.4) is 0 Å². The van der Waals surface area contributed by atoms with E-state index in [1.54, 1.807) is 12.1 Å². The second-order valence-corrected chi connectivity index (χ2v) is 4.98. The molecule has 1 saturated heterocycles. The standard InChI is InChI=1S/C14H19FN2O2/c15-13-3-1-2-11(7-13)6-12-8-17(9-14(16)18)4-5-19-10-12/h1-3,7,12H,4-6,8-10H2,(H2,16,18). The van der Waals surface area contributed by atoms with Gasteiger partial charge in [0.25, 0.3) is 0 Å². The molecule has 1 amide bonds. The number of amides is 1. The van der Waals surface area contributed by atoms with Crippen LogP contribution in [0.2, 0.25) is 0 Å². The largest absolute Gasteiger partial charge is 0.380 e. The first-order valence-corrected chi connectivity index (χ1v) is 6.46. The molecule has 0 bridgehead atoms. The summed E-state index contributed by atoms with van der Waals surface area (Å²) in [5.41, 5.74) is 6.17. The fraction of sp³-hybridized carbons (Fsp3) is 0.500. The van der Waals surface area contributed by atoms with Gasteiger partial charge in [0.1, 0.15) is 5.82 Å². The van der Waals surface area contributed by atoms with E-state index in [2.05, 4.69) is 0 Å². The molecule has 1 aromatic rings. The zero-order chi connectivity index (χ0) is 13.7. The maximum Gasteiger partial charge on any atom is 0.231 e. The number of halogens is 1. The maximum atomic E-state index is 13.1. The van der Waals surface area contributed by atoms with Crippen LogP contribution in [-0.2, 0) is 16.0 Å². The van der Waals surface area contributed by atoms with Gasteiger partial charge in [-0.25, -0.2) is 4.39 Å². The van der Waals surface area contributed by atoms with Crippen molar-refractivity contribution in [2.75, 3.05) is 32.8 Å². The highest BCUT2D eigenvalue weighted by atomic mass is 19.1. The van der Waals surface area contributed by atoms with Crippen LogP contribution in [0.5, 0.6) is 0 Å². The number of nitrogens with zero attached hydrogens (tertiary/aromatic N) is 1. The Balaban J connectivity index is 1.96. The Kier molecular flexibility index (Phi) is 4.87. The Labute approximate surface area is 112 Å². The van der Waals surface area contributed by atoms with Crippen molar-refractivity contribution in [2.24, 2.45) is 11.7 Å². The van der Waals surface area contributed by atoms with Crippen molar-refractivity contribution in [2.45, 2.75) is 6.42 Å². The molecule has 0 aromatic heterocycles. The fourth-order valence-electron chi connectivity index (χ4n) is 2.44. The number of ether oxygens (including phenoxy) is 1. The molecule has 104 valence electrons. The van der Waals surface area contributed by atoms with Gasteiger partial charge >= 0.3 is 0 Å². The lowest BCUT2D eigenvalue weighted by atomic mass is 9.99. The van der Waals surface area contributed by atoms with Gasteiger partial charge in [-0.2, -0.15) is 0 Å². The summed E-state index contributed by atoms with van der Waals surface area (Å²) in [4.78, 5) is 13.0. The fourth-order valence-corrected chi connectivity index (χ4v) is 2.44. The number of primary amides is 1. The molecular weight excluding hydrogens is 247 g/mol. The first-order valence-electron chi connectivity index (χ1n) is 6.46. The number of nitrogens with two attached hydrogens (primary N) is 1. The van der Waals surface area contributed by atoms with Crippen LogP contribution in [0.1, 0.15) is 5.56 Å². The average molecular weight is 266 g/mol. The monoisotopic (exact) mass is 266 g/mol. The molecule has 0 saturated carbocycles. The predicted molar refractivity (Wildman–Crippen MR) is 70.0 cm³/mol. The van der Waals surface area contributed by atoms with Gasteiger partial charge in [0.05, 0.1) is 19.8 Å². The van der Waals surface area contributed by atoms with E-state index in [1.165, 1.54) is 6.07 Å². The summed E-state index contributed by atoms with van der Waals surface area (Å²) in [7, 11) is 0. The molecule has 2 rings (SSSR count). The molecule has 19 heavy (non-hydrogen) atoms. The quantitative estimate of drug-likeness (QED) is 0.877. The van der Waals surface area contributed by atoms with Crippen LogP contribution in [-0.4, -0.2) is 43.7 Å². The van der Waals surface area contributed by atoms with Crippen molar-refractivity contribution in [3.05, 3.63) is 35.6 Å². The number of carbonyl (C=O) groups is 1. The first-order chi connectivity index (χ1) is 9.13. The first kappa shape index (κ1) is 14.0. The molecule has 1 aliphatic heterocycles. The van der Waals surface area contributed by atoms with E-state index in [4.69, 9.17) is 10.5 Å². The number of benzene rings is 1. The highest BCUT2D eigenvalue weighted by Crippen LogP contribution is 2.14. The van der Waals surface area contributed by atoms with E-state index in [0.717, 1.165) is 18.5 Å². The Morgan fingerprint density at radius 3 is 3.11 bits per heavy atom. The molecule has 1 unspecified atom stereocenters. The van der Waals surface area contributed by atoms with Crippen LogP contribution in [0.15, 0.2) is 24.3 Å². The lowest BCUT2D eigenvalue weighted by Gasteiger charge is -2.21. The molecule has 0 spiro atoms. The summed E-state index contributed by atoms with van der Waals surface area (Å²) in [5, 5.41) is 0. The molecule has 0 aliphatic carbocycles. The SMILES string of the molecule is NC(=O)CN1CCOCC(Cc2cccc(F)c2)C1. The molecule has 1 aliphatic rings. The third-order valence-corrected chi connectivity index (χ3v) is 3.21. The van der Waals surface area contributed by atoms with Gasteiger partial charge in [0.15, 0.2) is 0 Å². The van der Waals surface area contributed by atoms with Gasteiger partial charge in [-0.3, -0.25) is 9.69 Å². The maximum absolute atomic E-state index is 13.1. The summed E-state index contributed by atoms with van der Waals surface area (Å²) in [5.74, 6) is -0.295. The van der Waals surface area contributed by atoms with E-state index in [1.807, 2.05) is 11.0 Å². The van der Waals surface area contributed by atoms with Crippen molar-refractivity contribution in [3.63, 3.8) is 0 Å². The molecule has 5 heteroatoms. The van der Waals surface area contributed by atoms with Crippen molar-refractivity contribution in [3.8, 4) is 0 Å². The Bertz CT molecular complexity index is 439. The van der Waals surface area contributed by atoms with E-state index < -0.39 is 0 Å². The zero-order valence-corrected chi connectivity index (χ0v) is 10.8. The molecule has 1 heterocycles. The predicted octanol–water partition coefficient (Wildman–Crippen LogP) is 0.802. The van der Waals surface area contributed by atoms with Gasteiger partial charge in [0, 0.05) is 13.1 Å². The lowest BCUT2D eigenvalue weighted by Crippen LogP contribution is -2.37. The van der Waals surface area contributed by atoms with E-state index >= 15 is 0 Å². The lowest BCUT2D eigenvalue weighted by molar-refractivity contribution is -0.119. The highest BCUT2D eigenvalue weighted by molar-refractivity contribution is 5.75.